The first-order valence-corrected chi connectivity index (χ1v) is 6.99. The summed E-state index contributed by atoms with van der Waals surface area (Å²) in [5.41, 5.74) is 2.22. The number of benzene rings is 1. The van der Waals surface area contributed by atoms with Gasteiger partial charge in [0.1, 0.15) is 0 Å². The van der Waals surface area contributed by atoms with Crippen molar-refractivity contribution in [3.8, 4) is 11.5 Å². The van der Waals surface area contributed by atoms with E-state index in [0.717, 1.165) is 24.9 Å². The van der Waals surface area contributed by atoms with Gasteiger partial charge >= 0.3 is 0 Å². The maximum absolute atomic E-state index is 10.0. The average molecular weight is 247 g/mol. The van der Waals surface area contributed by atoms with Crippen LogP contribution >= 0.6 is 0 Å². The summed E-state index contributed by atoms with van der Waals surface area (Å²) < 4.78 is 0. The third-order valence-corrected chi connectivity index (χ3v) is 4.75. The van der Waals surface area contributed by atoms with Crippen LogP contribution < -0.4 is 5.32 Å². The van der Waals surface area contributed by atoms with Gasteiger partial charge in [-0.05, 0) is 43.4 Å². The van der Waals surface area contributed by atoms with E-state index in [1.165, 1.54) is 18.4 Å². The van der Waals surface area contributed by atoms with Gasteiger partial charge in [0.05, 0.1) is 0 Å². The van der Waals surface area contributed by atoms with Crippen LogP contribution in [-0.2, 0) is 6.42 Å². The molecule has 1 aromatic carbocycles. The Morgan fingerprint density at radius 1 is 1.28 bits per heavy atom. The summed E-state index contributed by atoms with van der Waals surface area (Å²) in [6, 6.07) is 4.19. The lowest BCUT2D eigenvalue weighted by Crippen LogP contribution is -2.46. The van der Waals surface area contributed by atoms with E-state index in [2.05, 4.69) is 12.2 Å². The van der Waals surface area contributed by atoms with Crippen LogP contribution in [0.25, 0.3) is 0 Å². The molecule has 0 aromatic heterocycles. The first-order valence-electron chi connectivity index (χ1n) is 6.99. The number of fused-ring (bicyclic) bond motifs is 3. The summed E-state index contributed by atoms with van der Waals surface area (Å²) in [7, 11) is 0. The van der Waals surface area contributed by atoms with Crippen LogP contribution in [0.1, 0.15) is 43.2 Å². The van der Waals surface area contributed by atoms with Crippen LogP contribution in [0.15, 0.2) is 12.1 Å². The highest BCUT2D eigenvalue weighted by molar-refractivity contribution is 5.52. The zero-order valence-corrected chi connectivity index (χ0v) is 10.8. The van der Waals surface area contributed by atoms with Gasteiger partial charge in [-0.1, -0.05) is 19.4 Å². The number of piperidine rings is 1. The number of rotatable bonds is 1. The number of phenolic OH excluding ortho intramolecular Hbond substituents is 2. The Hall–Kier alpha value is -1.22. The van der Waals surface area contributed by atoms with Crippen molar-refractivity contribution in [1.29, 1.82) is 0 Å². The fourth-order valence-corrected chi connectivity index (χ4v) is 3.81. The normalized spacial score (nSPS) is 30.6. The Bertz CT molecular complexity index is 458. The summed E-state index contributed by atoms with van der Waals surface area (Å²) in [5, 5.41) is 23.3. The van der Waals surface area contributed by atoms with Crippen LogP contribution in [0.4, 0.5) is 0 Å². The second-order valence-electron chi connectivity index (χ2n) is 5.58. The number of aromatic hydroxyl groups is 2. The van der Waals surface area contributed by atoms with E-state index < -0.39 is 0 Å². The molecule has 3 heteroatoms. The van der Waals surface area contributed by atoms with E-state index in [-0.39, 0.29) is 11.5 Å². The standard InChI is InChI=1S/C15H21NO2/c1-2-9-7-8-16-12-5-3-11-10(14(9)12)4-6-13(17)15(11)18/h4,6,9,12,14,16-18H,2-3,5,7-8H2,1H3. The minimum atomic E-state index is 0.0176. The van der Waals surface area contributed by atoms with Gasteiger partial charge in [-0.15, -0.1) is 0 Å². The van der Waals surface area contributed by atoms with Crippen LogP contribution in [0.2, 0.25) is 0 Å². The zero-order chi connectivity index (χ0) is 12.7. The van der Waals surface area contributed by atoms with Gasteiger partial charge in [-0.25, -0.2) is 0 Å². The van der Waals surface area contributed by atoms with E-state index in [9.17, 15) is 10.2 Å². The number of hydrogen-bond donors (Lipinski definition) is 3. The van der Waals surface area contributed by atoms with E-state index in [4.69, 9.17) is 0 Å². The molecule has 0 radical (unpaired) electrons. The number of phenols is 2. The Morgan fingerprint density at radius 2 is 2.11 bits per heavy atom. The topological polar surface area (TPSA) is 52.5 Å². The van der Waals surface area contributed by atoms with Crippen molar-refractivity contribution in [2.75, 3.05) is 6.54 Å². The van der Waals surface area contributed by atoms with E-state index in [1.807, 2.05) is 6.07 Å². The summed E-state index contributed by atoms with van der Waals surface area (Å²) in [6.45, 7) is 3.36. The largest absolute Gasteiger partial charge is 0.504 e. The van der Waals surface area contributed by atoms with E-state index in [1.54, 1.807) is 6.07 Å². The van der Waals surface area contributed by atoms with Gasteiger partial charge in [0.15, 0.2) is 11.5 Å². The molecule has 1 aliphatic heterocycles. The fourth-order valence-electron chi connectivity index (χ4n) is 3.81. The molecule has 1 aliphatic carbocycles. The molecule has 3 N–H and O–H groups in total. The highest BCUT2D eigenvalue weighted by Crippen LogP contribution is 2.46. The number of nitrogens with one attached hydrogen (secondary N) is 1. The van der Waals surface area contributed by atoms with Gasteiger partial charge in [0.25, 0.3) is 0 Å². The van der Waals surface area contributed by atoms with Crippen molar-refractivity contribution in [2.45, 2.75) is 44.6 Å². The van der Waals surface area contributed by atoms with Crippen LogP contribution in [0.5, 0.6) is 11.5 Å². The fraction of sp³-hybridized carbons (Fsp3) is 0.600. The first kappa shape index (κ1) is 11.8. The molecule has 0 spiro atoms. The molecule has 3 unspecified atom stereocenters. The van der Waals surface area contributed by atoms with Crippen LogP contribution in [-0.4, -0.2) is 22.8 Å². The molecule has 3 nitrogen and oxygen atoms in total. The minimum absolute atomic E-state index is 0.0176. The summed E-state index contributed by atoms with van der Waals surface area (Å²) in [4.78, 5) is 0. The van der Waals surface area contributed by atoms with Crippen LogP contribution in [0, 0.1) is 5.92 Å². The minimum Gasteiger partial charge on any atom is -0.504 e. The van der Waals surface area contributed by atoms with Crippen LogP contribution in [0.3, 0.4) is 0 Å². The molecule has 0 amide bonds. The molecular formula is C15H21NO2. The van der Waals surface area contributed by atoms with Gasteiger partial charge in [0, 0.05) is 17.5 Å². The molecule has 0 saturated carbocycles. The highest BCUT2D eigenvalue weighted by Gasteiger charge is 2.38. The Kier molecular flexibility index (Phi) is 2.94. The molecule has 3 atom stereocenters. The summed E-state index contributed by atoms with van der Waals surface area (Å²) in [5.74, 6) is 1.31. The quantitative estimate of drug-likeness (QED) is 0.668. The van der Waals surface area contributed by atoms with E-state index in [0.29, 0.717) is 17.9 Å². The Labute approximate surface area is 108 Å². The molecule has 1 fully saturated rings. The Morgan fingerprint density at radius 3 is 2.89 bits per heavy atom. The zero-order valence-electron chi connectivity index (χ0n) is 10.8. The summed E-state index contributed by atoms with van der Waals surface area (Å²) in [6.07, 6.45) is 4.31. The number of hydrogen-bond acceptors (Lipinski definition) is 3. The smallest absolute Gasteiger partial charge is 0.160 e. The van der Waals surface area contributed by atoms with E-state index >= 15 is 0 Å². The molecule has 98 valence electrons. The van der Waals surface area contributed by atoms with Crippen molar-refractivity contribution in [2.24, 2.45) is 5.92 Å². The predicted octanol–water partition coefficient (Wildman–Crippen LogP) is 2.52. The molecule has 1 heterocycles. The highest BCUT2D eigenvalue weighted by atomic mass is 16.3. The van der Waals surface area contributed by atoms with Crippen molar-refractivity contribution in [3.05, 3.63) is 23.3 Å². The van der Waals surface area contributed by atoms with Crippen molar-refractivity contribution in [1.82, 2.24) is 5.32 Å². The maximum Gasteiger partial charge on any atom is 0.160 e. The lowest BCUT2D eigenvalue weighted by Gasteiger charge is -2.43. The van der Waals surface area contributed by atoms with Gasteiger partial charge in [0.2, 0.25) is 0 Å². The molecular weight excluding hydrogens is 226 g/mol. The molecule has 3 rings (SSSR count). The molecule has 1 aromatic rings. The SMILES string of the molecule is CCC1CCNC2CCc3c(ccc(O)c3O)C12. The van der Waals surface area contributed by atoms with Crippen molar-refractivity contribution in [3.63, 3.8) is 0 Å². The third kappa shape index (κ3) is 1.69. The molecule has 1 saturated heterocycles. The van der Waals surface area contributed by atoms with Gasteiger partial charge in [-0.2, -0.15) is 0 Å². The second-order valence-corrected chi connectivity index (χ2v) is 5.58. The van der Waals surface area contributed by atoms with Gasteiger partial charge in [-0.3, -0.25) is 0 Å². The predicted molar refractivity (Wildman–Crippen MR) is 71.0 cm³/mol. The monoisotopic (exact) mass is 247 g/mol. The second kappa shape index (κ2) is 4.47. The lowest BCUT2D eigenvalue weighted by molar-refractivity contribution is 0.225. The van der Waals surface area contributed by atoms with Gasteiger partial charge < -0.3 is 15.5 Å². The third-order valence-electron chi connectivity index (χ3n) is 4.75. The lowest BCUT2D eigenvalue weighted by atomic mass is 9.68. The molecule has 0 bridgehead atoms. The summed E-state index contributed by atoms with van der Waals surface area (Å²) >= 11 is 0. The first-order chi connectivity index (χ1) is 8.72. The Balaban J connectivity index is 2.06. The molecule has 18 heavy (non-hydrogen) atoms. The maximum atomic E-state index is 10.0. The van der Waals surface area contributed by atoms with Crippen molar-refractivity contribution >= 4 is 0 Å². The average Bonchev–Trinajstić information content (AvgIpc) is 2.41. The van der Waals surface area contributed by atoms with Crippen molar-refractivity contribution < 1.29 is 10.2 Å². The molecule has 2 aliphatic rings.